The number of hydrogen-bond acceptors (Lipinski definition) is 5. The molecular weight excluding hydrogens is 400 g/mol. The molecule has 6 nitrogen and oxygen atoms in total. The maximum Gasteiger partial charge on any atom is 0.226 e. The molecule has 0 bridgehead atoms. The molecule has 0 radical (unpaired) electrons. The van der Waals surface area contributed by atoms with E-state index in [1.807, 2.05) is 29.2 Å². The molecule has 1 aromatic carbocycles. The molecule has 2 fully saturated rings. The highest BCUT2D eigenvalue weighted by Crippen LogP contribution is 2.36. The van der Waals surface area contributed by atoms with Crippen molar-refractivity contribution in [2.45, 2.75) is 57.8 Å². The van der Waals surface area contributed by atoms with Crippen molar-refractivity contribution in [3.8, 4) is 5.75 Å². The van der Waals surface area contributed by atoms with E-state index in [9.17, 15) is 4.79 Å². The smallest absolute Gasteiger partial charge is 0.226 e. The van der Waals surface area contributed by atoms with Gasteiger partial charge in [0, 0.05) is 43.4 Å². The molecular formula is C26H34N4O2. The Hall–Kier alpha value is -2.63. The first kappa shape index (κ1) is 21.2. The second-order valence-corrected chi connectivity index (χ2v) is 9.65. The van der Waals surface area contributed by atoms with Crippen LogP contribution in [0.5, 0.6) is 5.75 Å². The zero-order chi connectivity index (χ0) is 22.1. The van der Waals surface area contributed by atoms with Gasteiger partial charge < -0.3 is 14.5 Å². The number of carbonyl (C=O) groups excluding carboxylic acids is 1. The highest BCUT2D eigenvalue weighted by Gasteiger charge is 2.31. The fraction of sp³-hybridized carbons (Fsp3) is 0.577. The van der Waals surface area contributed by atoms with Crippen LogP contribution in [-0.2, 0) is 17.6 Å². The molecule has 1 amide bonds. The third-order valence-corrected chi connectivity index (χ3v) is 7.24. The lowest BCUT2D eigenvalue weighted by atomic mass is 9.94. The fourth-order valence-electron chi connectivity index (χ4n) is 5.14. The summed E-state index contributed by atoms with van der Waals surface area (Å²) in [5.41, 5.74) is 3.51. The lowest BCUT2D eigenvalue weighted by Crippen LogP contribution is -2.39. The Morgan fingerprint density at radius 1 is 1.12 bits per heavy atom. The van der Waals surface area contributed by atoms with Crippen molar-refractivity contribution in [1.29, 1.82) is 0 Å². The van der Waals surface area contributed by atoms with E-state index in [0.717, 1.165) is 74.2 Å². The van der Waals surface area contributed by atoms with Crippen LogP contribution in [0.3, 0.4) is 0 Å². The highest BCUT2D eigenvalue weighted by atomic mass is 16.5. The minimum atomic E-state index is 0.190. The Bertz CT molecular complexity index is 980. The molecule has 3 aliphatic rings. The summed E-state index contributed by atoms with van der Waals surface area (Å²) in [5, 5.41) is 0. The molecule has 0 N–H and O–H groups in total. The predicted molar refractivity (Wildman–Crippen MR) is 125 cm³/mol. The zero-order valence-electron chi connectivity index (χ0n) is 19.3. The van der Waals surface area contributed by atoms with Gasteiger partial charge in [0.1, 0.15) is 17.4 Å². The van der Waals surface area contributed by atoms with E-state index in [4.69, 9.17) is 14.7 Å². The van der Waals surface area contributed by atoms with E-state index >= 15 is 0 Å². The van der Waals surface area contributed by atoms with E-state index < -0.39 is 0 Å². The highest BCUT2D eigenvalue weighted by molar-refractivity contribution is 5.79. The average Bonchev–Trinajstić information content (AvgIpc) is 3.64. The first-order valence-electron chi connectivity index (χ1n) is 12.1. The van der Waals surface area contributed by atoms with Crippen molar-refractivity contribution >= 4 is 11.7 Å². The Balaban J connectivity index is 1.24. The molecule has 5 rings (SSSR count). The second-order valence-electron chi connectivity index (χ2n) is 9.65. The van der Waals surface area contributed by atoms with Gasteiger partial charge >= 0.3 is 0 Å². The summed E-state index contributed by atoms with van der Waals surface area (Å²) in [6.07, 6.45) is 7.33. The number of nitrogens with zero attached hydrogens (tertiary/aromatic N) is 4. The van der Waals surface area contributed by atoms with Crippen LogP contribution >= 0.6 is 0 Å². The first-order chi connectivity index (χ1) is 15.6. The number of anilines is 1. The maximum absolute atomic E-state index is 12.9. The lowest BCUT2D eigenvalue weighted by Gasteiger charge is -2.34. The molecule has 32 heavy (non-hydrogen) atoms. The molecule has 1 aromatic heterocycles. The Kier molecular flexibility index (Phi) is 6.03. The van der Waals surface area contributed by atoms with E-state index in [0.29, 0.717) is 12.3 Å². The van der Waals surface area contributed by atoms with Crippen LogP contribution in [0.2, 0.25) is 0 Å². The normalized spacial score (nSPS) is 19.1. The maximum atomic E-state index is 12.9. The first-order valence-corrected chi connectivity index (χ1v) is 12.1. The molecule has 0 spiro atoms. The van der Waals surface area contributed by atoms with Crippen LogP contribution < -0.4 is 9.64 Å². The monoisotopic (exact) mass is 434 g/mol. The number of likely N-dealkylation sites (tertiary alicyclic amines) is 1. The molecule has 0 unspecified atom stereocenters. The summed E-state index contributed by atoms with van der Waals surface area (Å²) < 4.78 is 5.28. The largest absolute Gasteiger partial charge is 0.497 e. The van der Waals surface area contributed by atoms with Gasteiger partial charge in [0.2, 0.25) is 5.91 Å². The molecule has 1 saturated carbocycles. The van der Waals surface area contributed by atoms with Gasteiger partial charge in [-0.2, -0.15) is 0 Å². The van der Waals surface area contributed by atoms with Gasteiger partial charge in [-0.15, -0.1) is 0 Å². The number of fused-ring (bicyclic) bond motifs is 1. The van der Waals surface area contributed by atoms with Crippen LogP contribution in [0, 0.1) is 12.8 Å². The minimum Gasteiger partial charge on any atom is -0.497 e. The van der Waals surface area contributed by atoms with Crippen molar-refractivity contribution in [3.63, 3.8) is 0 Å². The van der Waals surface area contributed by atoms with Crippen LogP contribution in [0.25, 0.3) is 0 Å². The predicted octanol–water partition coefficient (Wildman–Crippen LogP) is 3.90. The molecule has 170 valence electrons. The number of ether oxygens (including phenoxy) is 1. The number of carbonyl (C=O) groups is 1. The summed E-state index contributed by atoms with van der Waals surface area (Å²) in [4.78, 5) is 27.4. The minimum absolute atomic E-state index is 0.190. The Labute approximate surface area is 191 Å². The van der Waals surface area contributed by atoms with Crippen LogP contribution in [0.15, 0.2) is 24.3 Å². The van der Waals surface area contributed by atoms with Gasteiger partial charge in [0.05, 0.1) is 13.5 Å². The number of benzene rings is 1. The van der Waals surface area contributed by atoms with E-state index in [-0.39, 0.29) is 5.91 Å². The quantitative estimate of drug-likeness (QED) is 0.690. The summed E-state index contributed by atoms with van der Waals surface area (Å²) in [6, 6.07) is 7.79. The molecule has 1 aliphatic carbocycles. The average molecular weight is 435 g/mol. The lowest BCUT2D eigenvalue weighted by molar-refractivity contribution is -0.131. The zero-order valence-corrected chi connectivity index (χ0v) is 19.3. The third-order valence-electron chi connectivity index (χ3n) is 7.24. The van der Waals surface area contributed by atoms with E-state index in [1.54, 1.807) is 7.11 Å². The number of aromatic nitrogens is 2. The number of rotatable bonds is 6. The van der Waals surface area contributed by atoms with Gasteiger partial charge in [-0.05, 0) is 69.1 Å². The molecule has 2 aromatic rings. The molecule has 2 aliphatic heterocycles. The molecule has 6 heteroatoms. The number of hydrogen-bond donors (Lipinski definition) is 0. The summed E-state index contributed by atoms with van der Waals surface area (Å²) >= 11 is 0. The summed E-state index contributed by atoms with van der Waals surface area (Å²) in [5.74, 6) is 4.37. The standard InChI is InChI=1S/C26H34N4O2/c1-18-23-7-4-12-30(17-19-8-9-19)26(23)28-25(27-18)21-10-13-29(14-11-21)24(31)16-20-5-3-6-22(15-20)32-2/h3,5-6,15,19,21H,4,7-14,16-17H2,1-2H3. The summed E-state index contributed by atoms with van der Waals surface area (Å²) in [6.45, 7) is 5.98. The summed E-state index contributed by atoms with van der Waals surface area (Å²) in [7, 11) is 1.65. The van der Waals surface area contributed by atoms with Gasteiger partial charge in [-0.1, -0.05) is 12.1 Å². The van der Waals surface area contributed by atoms with Crippen molar-refractivity contribution < 1.29 is 9.53 Å². The number of amides is 1. The number of methoxy groups -OCH3 is 1. The number of aryl methyl sites for hydroxylation is 1. The van der Waals surface area contributed by atoms with Crippen LogP contribution in [-0.4, -0.2) is 54.1 Å². The van der Waals surface area contributed by atoms with Crippen LogP contribution in [0.4, 0.5) is 5.82 Å². The van der Waals surface area contributed by atoms with Gasteiger partial charge in [-0.3, -0.25) is 4.79 Å². The van der Waals surface area contributed by atoms with Crippen LogP contribution in [0.1, 0.15) is 60.7 Å². The molecule has 0 atom stereocenters. The van der Waals surface area contributed by atoms with Crippen molar-refractivity contribution in [1.82, 2.24) is 14.9 Å². The topological polar surface area (TPSA) is 58.6 Å². The van der Waals surface area contributed by atoms with Crippen molar-refractivity contribution in [2.75, 3.05) is 38.2 Å². The SMILES string of the molecule is COc1cccc(CC(=O)N2CCC(c3nc(C)c4c(n3)N(CC3CC3)CCC4)CC2)c1. The van der Waals surface area contributed by atoms with Gasteiger partial charge in [-0.25, -0.2) is 9.97 Å². The van der Waals surface area contributed by atoms with Gasteiger partial charge in [0.15, 0.2) is 0 Å². The second kappa shape index (κ2) is 9.08. The van der Waals surface area contributed by atoms with Crippen molar-refractivity contribution in [2.24, 2.45) is 5.92 Å². The van der Waals surface area contributed by atoms with Gasteiger partial charge in [0.25, 0.3) is 0 Å². The number of piperidine rings is 1. The fourth-order valence-corrected chi connectivity index (χ4v) is 5.14. The molecule has 3 heterocycles. The van der Waals surface area contributed by atoms with E-state index in [2.05, 4.69) is 11.8 Å². The Morgan fingerprint density at radius 3 is 2.69 bits per heavy atom. The molecule has 1 saturated heterocycles. The third kappa shape index (κ3) is 4.59. The van der Waals surface area contributed by atoms with E-state index in [1.165, 1.54) is 30.6 Å². The van der Waals surface area contributed by atoms with Crippen molar-refractivity contribution in [3.05, 3.63) is 46.9 Å². The Morgan fingerprint density at radius 2 is 1.94 bits per heavy atom.